The molecule has 0 saturated carbocycles. The molecule has 0 aromatic heterocycles. The maximum atomic E-state index is 7.71. The highest BCUT2D eigenvalue weighted by molar-refractivity contribution is 6.01. The Hall–Kier alpha value is -2.13. The van der Waals surface area contributed by atoms with Crippen LogP contribution in [-0.4, -0.2) is 23.8 Å². The van der Waals surface area contributed by atoms with Crippen molar-refractivity contribution in [1.29, 1.82) is 5.41 Å². The summed E-state index contributed by atoms with van der Waals surface area (Å²) in [6.45, 7) is 3.47. The molecule has 3 heteroatoms. The van der Waals surface area contributed by atoms with Gasteiger partial charge in [-0.15, -0.1) is 0 Å². The van der Waals surface area contributed by atoms with Gasteiger partial charge in [-0.1, -0.05) is 55.0 Å². The van der Waals surface area contributed by atoms with Crippen molar-refractivity contribution in [1.82, 2.24) is 4.90 Å². The monoisotopic (exact) mass is 293 g/mol. The summed E-state index contributed by atoms with van der Waals surface area (Å²) in [6, 6.07) is 16.5. The van der Waals surface area contributed by atoms with E-state index in [2.05, 4.69) is 29.2 Å². The van der Waals surface area contributed by atoms with Crippen LogP contribution in [0.3, 0.4) is 0 Å². The molecule has 3 nitrogen and oxygen atoms in total. The molecule has 22 heavy (non-hydrogen) atoms. The van der Waals surface area contributed by atoms with E-state index in [9.17, 15) is 0 Å². The van der Waals surface area contributed by atoms with Gasteiger partial charge in [0.05, 0.1) is 0 Å². The summed E-state index contributed by atoms with van der Waals surface area (Å²) in [4.78, 5) is 2.53. The van der Waals surface area contributed by atoms with Crippen LogP contribution >= 0.6 is 0 Å². The molecule has 0 aliphatic carbocycles. The number of likely N-dealkylation sites (tertiary alicyclic amines) is 1. The van der Waals surface area contributed by atoms with Gasteiger partial charge in [-0.05, 0) is 42.6 Å². The van der Waals surface area contributed by atoms with Crippen LogP contribution in [-0.2, 0) is 6.54 Å². The lowest BCUT2D eigenvalue weighted by Crippen LogP contribution is -2.29. The van der Waals surface area contributed by atoms with E-state index in [0.717, 1.165) is 23.2 Å². The predicted molar refractivity (Wildman–Crippen MR) is 92.0 cm³/mol. The fraction of sp³-hybridized carbons (Fsp3) is 0.316. The summed E-state index contributed by atoms with van der Waals surface area (Å²) in [5, 5.41) is 7.71. The Morgan fingerprint density at radius 2 is 1.64 bits per heavy atom. The van der Waals surface area contributed by atoms with Crippen LogP contribution in [0.25, 0.3) is 11.1 Å². The fourth-order valence-electron chi connectivity index (χ4n) is 3.14. The molecule has 1 aliphatic rings. The number of amidine groups is 1. The van der Waals surface area contributed by atoms with Gasteiger partial charge in [0.1, 0.15) is 5.84 Å². The summed E-state index contributed by atoms with van der Waals surface area (Å²) >= 11 is 0. The van der Waals surface area contributed by atoms with Gasteiger partial charge in [0, 0.05) is 12.1 Å². The van der Waals surface area contributed by atoms with Crippen molar-refractivity contribution < 1.29 is 0 Å². The molecule has 2 aromatic rings. The summed E-state index contributed by atoms with van der Waals surface area (Å²) in [5.41, 5.74) is 9.98. The Labute approximate surface area is 132 Å². The third-order valence-corrected chi connectivity index (χ3v) is 4.34. The highest BCUT2D eigenvalue weighted by atomic mass is 15.1. The molecule has 114 valence electrons. The smallest absolute Gasteiger partial charge is 0.123 e. The zero-order chi connectivity index (χ0) is 15.4. The highest BCUT2D eigenvalue weighted by Crippen LogP contribution is 2.24. The average molecular weight is 293 g/mol. The van der Waals surface area contributed by atoms with E-state index in [1.165, 1.54) is 37.9 Å². The predicted octanol–water partition coefficient (Wildman–Crippen LogP) is 3.62. The number of nitrogens with one attached hydrogen (secondary N) is 1. The molecule has 3 N–H and O–H groups in total. The van der Waals surface area contributed by atoms with Crippen molar-refractivity contribution in [3.63, 3.8) is 0 Å². The Kier molecular flexibility index (Phi) is 4.54. The van der Waals surface area contributed by atoms with E-state index >= 15 is 0 Å². The Morgan fingerprint density at radius 1 is 0.955 bits per heavy atom. The molecule has 0 atom stereocenters. The van der Waals surface area contributed by atoms with Gasteiger partial charge in [-0.3, -0.25) is 10.3 Å². The Morgan fingerprint density at radius 3 is 2.32 bits per heavy atom. The van der Waals surface area contributed by atoms with E-state index in [0.29, 0.717) is 0 Å². The Balaban J connectivity index is 1.78. The van der Waals surface area contributed by atoms with Crippen molar-refractivity contribution in [3.8, 4) is 11.1 Å². The quantitative estimate of drug-likeness (QED) is 0.668. The minimum atomic E-state index is 0.119. The summed E-state index contributed by atoms with van der Waals surface area (Å²) < 4.78 is 0. The van der Waals surface area contributed by atoms with Crippen molar-refractivity contribution in [2.75, 3.05) is 13.1 Å². The van der Waals surface area contributed by atoms with E-state index in [1.54, 1.807) is 0 Å². The van der Waals surface area contributed by atoms with Gasteiger partial charge >= 0.3 is 0 Å². The first-order valence-electron chi connectivity index (χ1n) is 7.99. The first-order valence-corrected chi connectivity index (χ1v) is 7.99. The number of nitrogens with zero attached hydrogens (tertiary/aromatic N) is 1. The lowest BCUT2D eigenvalue weighted by Gasteiger charge is -2.26. The van der Waals surface area contributed by atoms with Crippen molar-refractivity contribution in [3.05, 3.63) is 59.7 Å². The van der Waals surface area contributed by atoms with Crippen LogP contribution < -0.4 is 5.73 Å². The van der Waals surface area contributed by atoms with Gasteiger partial charge < -0.3 is 5.73 Å². The molecule has 3 rings (SSSR count). The zero-order valence-corrected chi connectivity index (χ0v) is 12.9. The molecule has 0 spiro atoms. The van der Waals surface area contributed by atoms with Crippen LogP contribution in [0.1, 0.15) is 30.4 Å². The SMILES string of the molecule is N=C(N)c1ccccc1-c1ccc(CN2CCCCC2)cc1. The van der Waals surface area contributed by atoms with Crippen LogP contribution in [0.5, 0.6) is 0 Å². The fourth-order valence-corrected chi connectivity index (χ4v) is 3.14. The van der Waals surface area contributed by atoms with Gasteiger partial charge in [0.25, 0.3) is 0 Å². The first-order chi connectivity index (χ1) is 10.7. The minimum Gasteiger partial charge on any atom is -0.384 e. The molecule has 1 aliphatic heterocycles. The Bertz CT molecular complexity index is 640. The number of hydrogen-bond donors (Lipinski definition) is 2. The molecule has 1 fully saturated rings. The van der Waals surface area contributed by atoms with Gasteiger partial charge in [-0.25, -0.2) is 0 Å². The van der Waals surface area contributed by atoms with Crippen LogP contribution in [0, 0.1) is 5.41 Å². The summed E-state index contributed by atoms with van der Waals surface area (Å²) in [6.07, 6.45) is 4.02. The van der Waals surface area contributed by atoms with E-state index in [4.69, 9.17) is 11.1 Å². The van der Waals surface area contributed by atoms with Crippen LogP contribution in [0.15, 0.2) is 48.5 Å². The number of rotatable bonds is 4. The second-order valence-corrected chi connectivity index (χ2v) is 5.99. The minimum absolute atomic E-state index is 0.119. The van der Waals surface area contributed by atoms with E-state index < -0.39 is 0 Å². The molecule has 0 radical (unpaired) electrons. The topological polar surface area (TPSA) is 53.1 Å². The van der Waals surface area contributed by atoms with Gasteiger partial charge in [-0.2, -0.15) is 0 Å². The molecule has 0 amide bonds. The number of hydrogen-bond acceptors (Lipinski definition) is 2. The van der Waals surface area contributed by atoms with E-state index in [-0.39, 0.29) is 5.84 Å². The maximum Gasteiger partial charge on any atom is 0.123 e. The number of piperidine rings is 1. The first kappa shape index (κ1) is 14.8. The van der Waals surface area contributed by atoms with Crippen molar-refractivity contribution >= 4 is 5.84 Å². The molecule has 1 saturated heterocycles. The standard InChI is InChI=1S/C19H23N3/c20-19(21)18-7-3-2-6-17(18)16-10-8-15(9-11-16)14-22-12-4-1-5-13-22/h2-3,6-11H,1,4-5,12-14H2,(H3,20,21). The number of nitrogen functional groups attached to an aromatic ring is 1. The molecule has 1 heterocycles. The molecule has 0 unspecified atom stereocenters. The number of nitrogens with two attached hydrogens (primary N) is 1. The molecule has 0 bridgehead atoms. The third kappa shape index (κ3) is 3.37. The second kappa shape index (κ2) is 6.75. The van der Waals surface area contributed by atoms with Crippen molar-refractivity contribution in [2.24, 2.45) is 5.73 Å². The lowest BCUT2D eigenvalue weighted by atomic mass is 9.98. The van der Waals surface area contributed by atoms with Crippen molar-refractivity contribution in [2.45, 2.75) is 25.8 Å². The summed E-state index contributed by atoms with van der Waals surface area (Å²) in [7, 11) is 0. The zero-order valence-electron chi connectivity index (χ0n) is 12.9. The molecular formula is C19H23N3. The summed E-state index contributed by atoms with van der Waals surface area (Å²) in [5.74, 6) is 0.119. The lowest BCUT2D eigenvalue weighted by molar-refractivity contribution is 0.221. The average Bonchev–Trinajstić information content (AvgIpc) is 2.56. The normalized spacial score (nSPS) is 15.6. The second-order valence-electron chi connectivity index (χ2n) is 5.99. The third-order valence-electron chi connectivity index (χ3n) is 4.34. The van der Waals surface area contributed by atoms with E-state index in [1.807, 2.05) is 24.3 Å². The largest absolute Gasteiger partial charge is 0.384 e. The number of benzene rings is 2. The molecular weight excluding hydrogens is 270 g/mol. The van der Waals surface area contributed by atoms with Gasteiger partial charge in [0.2, 0.25) is 0 Å². The van der Waals surface area contributed by atoms with Crippen LogP contribution in [0.2, 0.25) is 0 Å². The highest BCUT2D eigenvalue weighted by Gasteiger charge is 2.11. The van der Waals surface area contributed by atoms with Crippen LogP contribution in [0.4, 0.5) is 0 Å². The molecule has 2 aromatic carbocycles. The van der Waals surface area contributed by atoms with Gasteiger partial charge in [0.15, 0.2) is 0 Å². The maximum absolute atomic E-state index is 7.71.